The number of sulfonamides is 1. The highest BCUT2D eigenvalue weighted by atomic mass is 32.2. The third kappa shape index (κ3) is 5.00. The Morgan fingerprint density at radius 3 is 2.23 bits per heavy atom. The van der Waals surface area contributed by atoms with E-state index >= 15 is 0 Å². The van der Waals surface area contributed by atoms with Gasteiger partial charge in [-0.2, -0.15) is 4.31 Å². The summed E-state index contributed by atoms with van der Waals surface area (Å²) in [5.74, 6) is -0.00189. The number of likely N-dealkylation sites (N-methyl/N-ethyl adjacent to an activating group) is 1. The van der Waals surface area contributed by atoms with E-state index in [-0.39, 0.29) is 23.4 Å². The second-order valence-electron chi connectivity index (χ2n) is 5.54. The fraction of sp³-hybridized carbons (Fsp3) is 0.533. The van der Waals surface area contributed by atoms with Gasteiger partial charge in [-0.1, -0.05) is 13.8 Å². The molecule has 1 N–H and O–H groups in total. The Morgan fingerprint density at radius 1 is 1.23 bits per heavy atom. The predicted octanol–water partition coefficient (Wildman–Crippen LogP) is 2.19. The summed E-state index contributed by atoms with van der Waals surface area (Å²) < 4.78 is 25.9. The van der Waals surface area contributed by atoms with Gasteiger partial charge in [-0.05, 0) is 43.4 Å². The van der Waals surface area contributed by atoms with Gasteiger partial charge >= 0.3 is 0 Å². The highest BCUT2D eigenvalue weighted by molar-refractivity contribution is 7.98. The number of nitrogens with zero attached hydrogens (tertiary/aromatic N) is 1. The van der Waals surface area contributed by atoms with Gasteiger partial charge in [0.2, 0.25) is 15.9 Å². The van der Waals surface area contributed by atoms with Crippen LogP contribution in [0, 0.1) is 5.92 Å². The summed E-state index contributed by atoms with van der Waals surface area (Å²) in [5.41, 5.74) is 0. The Labute approximate surface area is 137 Å². The van der Waals surface area contributed by atoms with Crippen LogP contribution in [0.2, 0.25) is 0 Å². The van der Waals surface area contributed by atoms with E-state index in [0.717, 1.165) is 9.20 Å². The molecule has 124 valence electrons. The molecular formula is C15H24N2O3S2. The first-order chi connectivity index (χ1) is 10.2. The van der Waals surface area contributed by atoms with Gasteiger partial charge in [0.1, 0.15) is 0 Å². The number of hydrogen-bond donors (Lipinski definition) is 1. The lowest BCUT2D eigenvalue weighted by Crippen LogP contribution is -2.43. The Morgan fingerprint density at radius 2 is 1.77 bits per heavy atom. The Bertz CT molecular complexity index is 598. The van der Waals surface area contributed by atoms with Crippen molar-refractivity contribution in [3.8, 4) is 0 Å². The van der Waals surface area contributed by atoms with Gasteiger partial charge in [0.15, 0.2) is 0 Å². The minimum Gasteiger partial charge on any atom is -0.352 e. The van der Waals surface area contributed by atoms with Crippen LogP contribution in [0.1, 0.15) is 20.8 Å². The first-order valence-corrected chi connectivity index (χ1v) is 9.74. The molecule has 0 aliphatic carbocycles. The largest absolute Gasteiger partial charge is 0.352 e. The number of benzene rings is 1. The van der Waals surface area contributed by atoms with Gasteiger partial charge < -0.3 is 5.32 Å². The third-order valence-electron chi connectivity index (χ3n) is 3.52. The average molecular weight is 345 g/mol. The van der Waals surface area contributed by atoms with Crippen molar-refractivity contribution >= 4 is 27.7 Å². The van der Waals surface area contributed by atoms with Crippen LogP contribution in [0.25, 0.3) is 0 Å². The van der Waals surface area contributed by atoms with Crippen molar-refractivity contribution < 1.29 is 13.2 Å². The minimum atomic E-state index is -3.65. The molecule has 1 aromatic rings. The van der Waals surface area contributed by atoms with Crippen LogP contribution >= 0.6 is 11.8 Å². The maximum absolute atomic E-state index is 12.4. The molecule has 0 bridgehead atoms. The van der Waals surface area contributed by atoms with Crippen molar-refractivity contribution in [1.29, 1.82) is 0 Å². The normalized spacial score (nSPS) is 13.4. The molecule has 0 aliphatic rings. The lowest BCUT2D eigenvalue weighted by Gasteiger charge is -2.21. The fourth-order valence-corrected chi connectivity index (χ4v) is 3.22. The minimum absolute atomic E-state index is 0.00414. The number of hydrogen-bond acceptors (Lipinski definition) is 4. The van der Waals surface area contributed by atoms with E-state index in [1.807, 2.05) is 27.0 Å². The van der Waals surface area contributed by atoms with E-state index in [9.17, 15) is 13.2 Å². The molecule has 0 saturated carbocycles. The van der Waals surface area contributed by atoms with Crippen molar-refractivity contribution in [3.63, 3.8) is 0 Å². The zero-order chi connectivity index (χ0) is 16.9. The zero-order valence-corrected chi connectivity index (χ0v) is 15.3. The van der Waals surface area contributed by atoms with Crippen molar-refractivity contribution in [2.75, 3.05) is 19.8 Å². The van der Waals surface area contributed by atoms with Gasteiger partial charge in [0.05, 0.1) is 11.4 Å². The van der Waals surface area contributed by atoms with Gasteiger partial charge in [0, 0.05) is 18.0 Å². The Hall–Kier alpha value is -1.05. The summed E-state index contributed by atoms with van der Waals surface area (Å²) in [5, 5.41) is 2.80. The topological polar surface area (TPSA) is 66.5 Å². The van der Waals surface area contributed by atoms with E-state index in [1.54, 1.807) is 36.0 Å². The van der Waals surface area contributed by atoms with Gasteiger partial charge in [-0.15, -0.1) is 11.8 Å². The van der Waals surface area contributed by atoms with Crippen LogP contribution in [-0.2, 0) is 14.8 Å². The summed E-state index contributed by atoms with van der Waals surface area (Å²) in [6, 6.07) is 6.64. The Kier molecular flexibility index (Phi) is 6.90. The predicted molar refractivity (Wildman–Crippen MR) is 90.5 cm³/mol. The first kappa shape index (κ1) is 19.0. The van der Waals surface area contributed by atoms with Crippen LogP contribution in [-0.4, -0.2) is 44.5 Å². The SMILES string of the molecule is CSc1ccc(S(=O)(=O)N(C)CC(=O)N[C@@H](C)C(C)C)cc1. The molecule has 1 rings (SSSR count). The smallest absolute Gasteiger partial charge is 0.243 e. The maximum atomic E-state index is 12.4. The molecule has 7 heteroatoms. The molecule has 0 aromatic heterocycles. The number of amides is 1. The molecule has 1 aromatic carbocycles. The van der Waals surface area contributed by atoms with Crippen molar-refractivity contribution in [1.82, 2.24) is 9.62 Å². The molecule has 0 aliphatic heterocycles. The molecular weight excluding hydrogens is 320 g/mol. The zero-order valence-electron chi connectivity index (χ0n) is 13.7. The van der Waals surface area contributed by atoms with E-state index in [2.05, 4.69) is 5.32 Å². The summed E-state index contributed by atoms with van der Waals surface area (Å²) in [6.07, 6.45) is 1.93. The standard InChI is InChI=1S/C15H24N2O3S2/c1-11(2)12(3)16-15(18)10-17(4)22(19,20)14-8-6-13(21-5)7-9-14/h6-9,11-12H,10H2,1-5H3,(H,16,18)/t12-/m0/s1. The third-order valence-corrected chi connectivity index (χ3v) is 6.08. The van der Waals surface area contributed by atoms with Gasteiger partial charge in [0.25, 0.3) is 0 Å². The van der Waals surface area contributed by atoms with Crippen LogP contribution in [0.3, 0.4) is 0 Å². The van der Waals surface area contributed by atoms with E-state index in [1.165, 1.54) is 7.05 Å². The number of thioether (sulfide) groups is 1. The molecule has 0 radical (unpaired) electrons. The molecule has 0 fully saturated rings. The van der Waals surface area contributed by atoms with E-state index in [4.69, 9.17) is 0 Å². The summed E-state index contributed by atoms with van der Waals surface area (Å²) in [6.45, 7) is 5.71. The fourth-order valence-electron chi connectivity index (χ4n) is 1.68. The first-order valence-electron chi connectivity index (χ1n) is 7.08. The van der Waals surface area contributed by atoms with Crippen LogP contribution in [0.15, 0.2) is 34.1 Å². The molecule has 22 heavy (non-hydrogen) atoms. The summed E-state index contributed by atoms with van der Waals surface area (Å²) in [7, 11) is -2.24. The maximum Gasteiger partial charge on any atom is 0.243 e. The van der Waals surface area contributed by atoms with Crippen LogP contribution in [0.4, 0.5) is 0 Å². The van der Waals surface area contributed by atoms with Gasteiger partial charge in [-0.25, -0.2) is 8.42 Å². The molecule has 1 amide bonds. The number of rotatable bonds is 7. The molecule has 1 atom stereocenters. The van der Waals surface area contributed by atoms with E-state index < -0.39 is 10.0 Å². The van der Waals surface area contributed by atoms with Crippen molar-refractivity contribution in [3.05, 3.63) is 24.3 Å². The summed E-state index contributed by atoms with van der Waals surface area (Å²) >= 11 is 1.54. The monoisotopic (exact) mass is 344 g/mol. The quantitative estimate of drug-likeness (QED) is 0.770. The molecule has 0 spiro atoms. The highest BCUT2D eigenvalue weighted by Gasteiger charge is 2.23. The molecule has 0 saturated heterocycles. The van der Waals surface area contributed by atoms with E-state index in [0.29, 0.717) is 5.92 Å². The average Bonchev–Trinajstić information content (AvgIpc) is 2.46. The number of carbonyl (C=O) groups is 1. The molecule has 0 heterocycles. The summed E-state index contributed by atoms with van der Waals surface area (Å²) in [4.78, 5) is 13.1. The lowest BCUT2D eigenvalue weighted by atomic mass is 10.1. The van der Waals surface area contributed by atoms with Crippen LogP contribution < -0.4 is 5.32 Å². The van der Waals surface area contributed by atoms with Crippen LogP contribution in [0.5, 0.6) is 0 Å². The highest BCUT2D eigenvalue weighted by Crippen LogP contribution is 2.19. The van der Waals surface area contributed by atoms with Gasteiger partial charge in [-0.3, -0.25) is 4.79 Å². The lowest BCUT2D eigenvalue weighted by molar-refractivity contribution is -0.122. The van der Waals surface area contributed by atoms with Crippen molar-refractivity contribution in [2.45, 2.75) is 36.6 Å². The van der Waals surface area contributed by atoms with Crippen molar-refractivity contribution in [2.24, 2.45) is 5.92 Å². The second-order valence-corrected chi connectivity index (χ2v) is 8.46. The second kappa shape index (κ2) is 7.99. The molecule has 0 unspecified atom stereocenters. The number of carbonyl (C=O) groups excluding carboxylic acids is 1. The Balaban J connectivity index is 2.77. The number of nitrogens with one attached hydrogen (secondary N) is 1. The molecule has 5 nitrogen and oxygen atoms in total.